The van der Waals surface area contributed by atoms with Crippen molar-refractivity contribution in [1.29, 1.82) is 0 Å². The number of phosphoric acid groups is 2. The van der Waals surface area contributed by atoms with Gasteiger partial charge in [-0.1, -0.05) is 433 Å². The number of carbonyl (C=O) groups excluding carboxylic acids is 4. The Kier molecular flexibility index (Phi) is 79.8. The Balaban J connectivity index is 5.22. The van der Waals surface area contributed by atoms with Gasteiger partial charge in [-0.25, -0.2) is 9.13 Å². The van der Waals surface area contributed by atoms with Crippen LogP contribution in [-0.4, -0.2) is 96.7 Å². The molecule has 7 atom stereocenters. The molecule has 0 bridgehead atoms. The molecule has 0 fully saturated rings. The third kappa shape index (κ3) is 81.0. The highest BCUT2D eigenvalue weighted by Gasteiger charge is 2.31. The number of carbonyl (C=O) groups is 4. The van der Waals surface area contributed by atoms with Crippen molar-refractivity contribution >= 4 is 39.5 Å². The lowest BCUT2D eigenvalue weighted by Crippen LogP contribution is -2.30. The van der Waals surface area contributed by atoms with Gasteiger partial charge in [-0.2, -0.15) is 0 Å². The van der Waals surface area contributed by atoms with Crippen LogP contribution in [0, 0.1) is 11.8 Å². The van der Waals surface area contributed by atoms with Gasteiger partial charge in [-0.3, -0.25) is 37.3 Å². The van der Waals surface area contributed by atoms with Crippen LogP contribution in [0.15, 0.2) is 0 Å². The van der Waals surface area contributed by atoms with Crippen LogP contribution in [0.25, 0.3) is 0 Å². The number of phosphoric ester groups is 2. The zero-order valence-corrected chi connectivity index (χ0v) is 73.7. The highest BCUT2D eigenvalue weighted by Crippen LogP contribution is 2.45. The molecule has 0 aliphatic rings. The molecule has 648 valence electrons. The molecule has 0 radical (unpaired) electrons. The van der Waals surface area contributed by atoms with E-state index in [-0.39, 0.29) is 25.7 Å². The van der Waals surface area contributed by atoms with Gasteiger partial charge in [0.1, 0.15) is 19.3 Å². The molecule has 0 aliphatic heterocycles. The van der Waals surface area contributed by atoms with Crippen LogP contribution in [0.3, 0.4) is 0 Å². The van der Waals surface area contributed by atoms with E-state index >= 15 is 0 Å². The first-order chi connectivity index (χ1) is 52.9. The Morgan fingerprint density at radius 1 is 0.257 bits per heavy atom. The lowest BCUT2D eigenvalue weighted by atomic mass is 9.99. The predicted molar refractivity (Wildman–Crippen MR) is 451 cm³/mol. The van der Waals surface area contributed by atoms with Crippen molar-refractivity contribution in [2.24, 2.45) is 11.8 Å². The van der Waals surface area contributed by atoms with Gasteiger partial charge in [-0.05, 0) is 37.5 Å². The first-order valence-corrected chi connectivity index (χ1v) is 49.6. The van der Waals surface area contributed by atoms with Gasteiger partial charge in [0, 0.05) is 25.7 Å². The van der Waals surface area contributed by atoms with E-state index in [0.29, 0.717) is 25.7 Å². The van der Waals surface area contributed by atoms with Crippen LogP contribution in [0.4, 0.5) is 0 Å². The van der Waals surface area contributed by atoms with Crippen LogP contribution in [0.1, 0.15) is 485 Å². The second kappa shape index (κ2) is 81.2. The molecule has 109 heavy (non-hydrogen) atoms. The van der Waals surface area contributed by atoms with Crippen molar-refractivity contribution in [2.45, 2.75) is 503 Å². The van der Waals surface area contributed by atoms with Crippen molar-refractivity contribution < 1.29 is 80.2 Å². The molecule has 19 heteroatoms. The maximum atomic E-state index is 13.2. The summed E-state index contributed by atoms with van der Waals surface area (Å²) in [4.78, 5) is 73.3. The first-order valence-electron chi connectivity index (χ1n) is 46.6. The molecule has 17 nitrogen and oxygen atoms in total. The second-order valence-electron chi connectivity index (χ2n) is 32.8. The van der Waals surface area contributed by atoms with Crippen LogP contribution in [0.5, 0.6) is 0 Å². The summed E-state index contributed by atoms with van der Waals surface area (Å²) in [6.45, 7) is 9.83. The van der Waals surface area contributed by atoms with Gasteiger partial charge >= 0.3 is 39.5 Å². The molecule has 0 saturated heterocycles. The average molecular weight is 1590 g/mol. The molecular formula is C90H176O17P2. The zero-order chi connectivity index (χ0) is 79.9. The molecule has 0 saturated carbocycles. The molecule has 0 heterocycles. The first kappa shape index (κ1) is 107. The normalized spacial score (nSPS) is 14.2. The summed E-state index contributed by atoms with van der Waals surface area (Å²) in [6, 6.07) is 0. The summed E-state index contributed by atoms with van der Waals surface area (Å²) < 4.78 is 69.0. The number of unbranched alkanes of at least 4 members (excludes halogenated alkanes) is 57. The maximum absolute atomic E-state index is 13.2. The fourth-order valence-corrected chi connectivity index (χ4v) is 15.6. The van der Waals surface area contributed by atoms with Gasteiger partial charge in [0.25, 0.3) is 0 Å². The number of esters is 4. The Labute approximate surface area is 670 Å². The third-order valence-electron chi connectivity index (χ3n) is 21.9. The largest absolute Gasteiger partial charge is 0.472 e. The summed E-state index contributed by atoms with van der Waals surface area (Å²) in [5.74, 6) is -0.351. The van der Waals surface area contributed by atoms with E-state index in [1.165, 1.54) is 302 Å². The molecule has 4 unspecified atom stereocenters. The van der Waals surface area contributed by atoms with E-state index in [2.05, 4.69) is 41.5 Å². The molecule has 0 aromatic heterocycles. The van der Waals surface area contributed by atoms with E-state index in [4.69, 9.17) is 37.0 Å². The number of hydrogen-bond acceptors (Lipinski definition) is 15. The maximum Gasteiger partial charge on any atom is 0.472 e. The minimum Gasteiger partial charge on any atom is -0.462 e. The molecule has 0 rings (SSSR count). The average Bonchev–Trinajstić information content (AvgIpc) is 0.902. The Morgan fingerprint density at radius 2 is 0.440 bits per heavy atom. The zero-order valence-electron chi connectivity index (χ0n) is 71.9. The monoisotopic (exact) mass is 1590 g/mol. The topological polar surface area (TPSA) is 237 Å². The molecule has 0 spiro atoms. The summed E-state index contributed by atoms with van der Waals surface area (Å²) in [5, 5.41) is 10.7. The molecule has 0 aromatic rings. The fraction of sp³-hybridized carbons (Fsp3) is 0.956. The number of aliphatic hydroxyl groups excluding tert-OH is 1. The minimum atomic E-state index is -4.97. The van der Waals surface area contributed by atoms with E-state index in [1.807, 2.05) is 0 Å². The van der Waals surface area contributed by atoms with Crippen molar-refractivity contribution in [2.75, 3.05) is 39.6 Å². The van der Waals surface area contributed by atoms with E-state index < -0.39 is 97.5 Å². The third-order valence-corrected chi connectivity index (χ3v) is 23.8. The van der Waals surface area contributed by atoms with Crippen molar-refractivity contribution in [3.05, 3.63) is 0 Å². The second-order valence-corrected chi connectivity index (χ2v) is 35.7. The van der Waals surface area contributed by atoms with E-state index in [1.54, 1.807) is 0 Å². The van der Waals surface area contributed by atoms with Crippen LogP contribution < -0.4 is 0 Å². The fourth-order valence-electron chi connectivity index (χ4n) is 14.1. The summed E-state index contributed by atoms with van der Waals surface area (Å²) in [6.07, 6.45) is 74.9. The summed E-state index contributed by atoms with van der Waals surface area (Å²) >= 11 is 0. The van der Waals surface area contributed by atoms with Crippen LogP contribution in [-0.2, 0) is 65.4 Å². The Hall–Kier alpha value is -1.94. The van der Waals surface area contributed by atoms with Crippen LogP contribution in [0.2, 0.25) is 0 Å². The molecular weight excluding hydrogens is 1410 g/mol. The highest BCUT2D eigenvalue weighted by molar-refractivity contribution is 7.47. The Morgan fingerprint density at radius 3 is 0.651 bits per heavy atom. The van der Waals surface area contributed by atoms with Gasteiger partial charge in [0.05, 0.1) is 26.4 Å². The van der Waals surface area contributed by atoms with Gasteiger partial charge in [-0.15, -0.1) is 0 Å². The quantitative estimate of drug-likeness (QED) is 0.0222. The van der Waals surface area contributed by atoms with Crippen molar-refractivity contribution in [1.82, 2.24) is 0 Å². The SMILES string of the molecule is CCCCCCCCCCCCCCCC(=O)O[C@H](COC(=O)CCCCCCCCCCCCCC)COP(=O)(O)OC[C@H](O)COP(=O)(O)OC[C@@H](COC(=O)CCCCCCCCCCCCCCCCCCCCC(C)CC)OC(=O)CCCCCCCCCCCCCCCCCCCCC(C)CC. The standard InChI is InChI=1S/C90H176O17P2/c1-7-11-13-15-17-19-21-35-44-50-56-62-68-74-89(94)106-85(78-100-87(92)72-66-60-54-48-42-22-20-18-16-14-12-8-2)80-104-108(96,97)102-76-84(91)77-103-109(98,99)105-81-86(107-90(95)75-69-63-57-51-45-39-34-30-26-24-28-32-37-41-47-53-59-65-71-83(6)10-4)79-101-88(93)73-67-61-55-49-43-38-33-29-25-23-27-31-36-40-46-52-58-64-70-82(5)9-3/h82-86,91H,7-81H2,1-6H3,(H,96,97)(H,98,99)/t82?,83?,84-,85+,86+/m0/s1. The van der Waals surface area contributed by atoms with E-state index in [0.717, 1.165) is 102 Å². The molecule has 0 aliphatic carbocycles. The lowest BCUT2D eigenvalue weighted by Gasteiger charge is -2.21. The van der Waals surface area contributed by atoms with Gasteiger partial charge < -0.3 is 33.8 Å². The number of rotatable bonds is 89. The number of hydrogen-bond donors (Lipinski definition) is 3. The minimum absolute atomic E-state index is 0.108. The van der Waals surface area contributed by atoms with Gasteiger partial charge in [0.15, 0.2) is 12.2 Å². The lowest BCUT2D eigenvalue weighted by molar-refractivity contribution is -0.161. The van der Waals surface area contributed by atoms with E-state index in [9.17, 15) is 43.2 Å². The van der Waals surface area contributed by atoms with Crippen molar-refractivity contribution in [3.8, 4) is 0 Å². The smallest absolute Gasteiger partial charge is 0.462 e. The van der Waals surface area contributed by atoms with Gasteiger partial charge in [0.2, 0.25) is 0 Å². The Bertz CT molecular complexity index is 2080. The predicted octanol–water partition coefficient (Wildman–Crippen LogP) is 27.8. The summed E-state index contributed by atoms with van der Waals surface area (Å²) in [5.41, 5.74) is 0. The molecule has 0 aromatic carbocycles. The summed E-state index contributed by atoms with van der Waals surface area (Å²) in [7, 11) is -9.93. The number of ether oxygens (including phenoxy) is 4. The van der Waals surface area contributed by atoms with Crippen molar-refractivity contribution in [3.63, 3.8) is 0 Å². The number of aliphatic hydroxyl groups is 1. The highest BCUT2D eigenvalue weighted by atomic mass is 31.2. The molecule has 0 amide bonds. The van der Waals surface area contributed by atoms with Crippen LogP contribution >= 0.6 is 15.6 Å². The molecule has 3 N–H and O–H groups in total.